The minimum absolute atomic E-state index is 0.0509. The Morgan fingerprint density at radius 2 is 1.59 bits per heavy atom. The molecule has 0 aromatic heterocycles. The molecule has 0 bridgehead atoms. The van der Waals surface area contributed by atoms with Gasteiger partial charge >= 0.3 is 6.03 Å². The van der Waals surface area contributed by atoms with Gasteiger partial charge in [-0.05, 0) is 106 Å². The van der Waals surface area contributed by atoms with E-state index in [1.807, 2.05) is 26.8 Å². The summed E-state index contributed by atoms with van der Waals surface area (Å²) in [5.74, 6) is 0.485. The van der Waals surface area contributed by atoms with Crippen LogP contribution in [-0.2, 0) is 0 Å². The molecule has 0 saturated carbocycles. The van der Waals surface area contributed by atoms with Gasteiger partial charge in [0.25, 0.3) is 5.91 Å². The number of rotatable bonds is 13. The number of ether oxygens (including phenoxy) is 2. The first kappa shape index (κ1) is 32.8. The zero-order chi connectivity index (χ0) is 31.5. The summed E-state index contributed by atoms with van der Waals surface area (Å²) >= 11 is 0. The van der Waals surface area contributed by atoms with Crippen molar-refractivity contribution in [3.63, 3.8) is 0 Å². The molecular formula is C35H45FN4O4. The average Bonchev–Trinajstić information content (AvgIpc) is 3.01. The summed E-state index contributed by atoms with van der Waals surface area (Å²) in [6.45, 7) is 11.3. The van der Waals surface area contributed by atoms with Crippen LogP contribution in [0.3, 0.4) is 0 Å². The highest BCUT2D eigenvalue weighted by Crippen LogP contribution is 2.29. The Kier molecular flexibility index (Phi) is 12.0. The first-order chi connectivity index (χ1) is 21.3. The van der Waals surface area contributed by atoms with E-state index in [0.717, 1.165) is 50.9 Å². The first-order valence-corrected chi connectivity index (χ1v) is 15.7. The summed E-state index contributed by atoms with van der Waals surface area (Å²) in [5.41, 5.74) is 1.98. The quantitative estimate of drug-likeness (QED) is 0.183. The molecule has 3 amide bonds. The van der Waals surface area contributed by atoms with Gasteiger partial charge in [0.1, 0.15) is 29.2 Å². The predicted molar refractivity (Wildman–Crippen MR) is 174 cm³/mol. The fraction of sp³-hybridized carbons (Fsp3) is 0.429. The number of nitrogens with one attached hydrogen (secondary N) is 3. The molecule has 3 aromatic rings. The summed E-state index contributed by atoms with van der Waals surface area (Å²) in [5, 5.41) is 8.56. The van der Waals surface area contributed by atoms with Gasteiger partial charge in [0.15, 0.2) is 0 Å². The van der Waals surface area contributed by atoms with E-state index in [4.69, 9.17) is 9.47 Å². The zero-order valence-electron chi connectivity index (χ0n) is 26.3. The molecule has 0 spiro atoms. The van der Waals surface area contributed by atoms with Crippen LogP contribution < -0.4 is 25.4 Å². The molecule has 1 heterocycles. The minimum atomic E-state index is -0.623. The van der Waals surface area contributed by atoms with Crippen molar-refractivity contribution in [1.29, 1.82) is 0 Å². The van der Waals surface area contributed by atoms with Gasteiger partial charge in [0, 0.05) is 36.6 Å². The van der Waals surface area contributed by atoms with Gasteiger partial charge in [-0.25, -0.2) is 9.18 Å². The Labute approximate surface area is 260 Å². The lowest BCUT2D eigenvalue weighted by atomic mass is 10.1. The van der Waals surface area contributed by atoms with E-state index in [1.54, 1.807) is 42.5 Å². The average molecular weight is 605 g/mol. The van der Waals surface area contributed by atoms with Crippen LogP contribution in [0.2, 0.25) is 0 Å². The second-order valence-corrected chi connectivity index (χ2v) is 11.3. The number of unbranched alkanes of at least 4 members (excludes halogenated alkanes) is 1. The molecule has 236 valence electrons. The highest BCUT2D eigenvalue weighted by Gasteiger charge is 2.21. The number of benzene rings is 3. The van der Waals surface area contributed by atoms with E-state index in [1.165, 1.54) is 25.0 Å². The number of urea groups is 1. The van der Waals surface area contributed by atoms with Gasteiger partial charge < -0.3 is 30.3 Å². The van der Waals surface area contributed by atoms with Gasteiger partial charge in [0.2, 0.25) is 0 Å². The van der Waals surface area contributed by atoms with Gasteiger partial charge in [0.05, 0.1) is 5.56 Å². The number of carbonyl (C=O) groups is 2. The van der Waals surface area contributed by atoms with E-state index >= 15 is 0 Å². The van der Waals surface area contributed by atoms with E-state index < -0.39 is 11.7 Å². The van der Waals surface area contributed by atoms with E-state index in [-0.39, 0.29) is 23.7 Å². The second kappa shape index (κ2) is 16.1. The third-order valence-corrected chi connectivity index (χ3v) is 7.94. The number of hydrogen-bond donors (Lipinski definition) is 3. The first-order valence-electron chi connectivity index (χ1n) is 15.7. The van der Waals surface area contributed by atoms with E-state index in [2.05, 4.69) is 27.8 Å². The van der Waals surface area contributed by atoms with Crippen LogP contribution in [0.15, 0.2) is 60.7 Å². The summed E-state index contributed by atoms with van der Waals surface area (Å²) in [6.07, 6.45) is 6.00. The normalized spacial score (nSPS) is 13.9. The molecule has 1 aliphatic rings. The Morgan fingerprint density at radius 1 is 0.909 bits per heavy atom. The van der Waals surface area contributed by atoms with Crippen molar-refractivity contribution in [2.45, 2.75) is 78.4 Å². The number of nitrogens with zero attached hydrogens (tertiary/aromatic N) is 1. The van der Waals surface area contributed by atoms with Crippen molar-refractivity contribution in [2.24, 2.45) is 0 Å². The number of amides is 3. The number of likely N-dealkylation sites (tertiary alicyclic amines) is 1. The molecule has 1 aliphatic heterocycles. The van der Waals surface area contributed by atoms with Crippen LogP contribution in [0.1, 0.15) is 75.2 Å². The number of halogens is 1. The molecule has 9 heteroatoms. The zero-order valence-corrected chi connectivity index (χ0v) is 26.3. The van der Waals surface area contributed by atoms with E-state index in [0.29, 0.717) is 28.6 Å². The number of hydrogen-bond acceptors (Lipinski definition) is 5. The number of anilines is 2. The second-order valence-electron chi connectivity index (χ2n) is 11.3. The molecule has 3 N–H and O–H groups in total. The predicted octanol–water partition coefficient (Wildman–Crippen LogP) is 8.13. The van der Waals surface area contributed by atoms with Crippen LogP contribution in [0.4, 0.5) is 20.6 Å². The monoisotopic (exact) mass is 604 g/mol. The maximum atomic E-state index is 14.9. The van der Waals surface area contributed by atoms with Gasteiger partial charge in [-0.1, -0.05) is 27.2 Å². The standard InChI is InChI=1S/C35H45FN4O4/c1-5-8-19-40-20-17-29(18-21-40)43-30-14-15-31(32(36)23-30)34(41)37-26-9-12-28(13-10-26)44-33-16-11-27(22-24(33)4)39-35(42)38-25(6-2)7-3/h9-16,22-23,25,29H,5-8,17-21H2,1-4H3,(H,37,41)(H2,38,39,42). The van der Waals surface area contributed by atoms with Crippen molar-refractivity contribution < 1.29 is 23.5 Å². The van der Waals surface area contributed by atoms with Crippen LogP contribution >= 0.6 is 0 Å². The van der Waals surface area contributed by atoms with E-state index in [9.17, 15) is 14.0 Å². The molecule has 0 atom stereocenters. The van der Waals surface area contributed by atoms with Gasteiger partial charge in [-0.15, -0.1) is 0 Å². The maximum Gasteiger partial charge on any atom is 0.319 e. The molecular weight excluding hydrogens is 559 g/mol. The van der Waals surface area contributed by atoms with Crippen molar-refractivity contribution in [3.05, 3.63) is 77.6 Å². The van der Waals surface area contributed by atoms with Gasteiger partial charge in [-0.2, -0.15) is 0 Å². The lowest BCUT2D eigenvalue weighted by Crippen LogP contribution is -2.38. The van der Waals surface area contributed by atoms with Gasteiger partial charge in [-0.3, -0.25) is 4.79 Å². The topological polar surface area (TPSA) is 91.9 Å². The third-order valence-electron chi connectivity index (χ3n) is 7.94. The molecule has 0 radical (unpaired) electrons. The number of piperidine rings is 1. The third kappa shape index (κ3) is 9.44. The molecule has 1 saturated heterocycles. The molecule has 8 nitrogen and oxygen atoms in total. The van der Waals surface area contributed by atoms with Crippen molar-refractivity contribution in [2.75, 3.05) is 30.3 Å². The molecule has 44 heavy (non-hydrogen) atoms. The maximum absolute atomic E-state index is 14.9. The summed E-state index contributed by atoms with van der Waals surface area (Å²) < 4.78 is 26.9. The fourth-order valence-electron chi connectivity index (χ4n) is 5.20. The highest BCUT2D eigenvalue weighted by molar-refractivity contribution is 6.04. The van der Waals surface area contributed by atoms with Crippen LogP contribution in [0.5, 0.6) is 17.2 Å². The lowest BCUT2D eigenvalue weighted by molar-refractivity contribution is 0.0992. The van der Waals surface area contributed by atoms with Crippen LogP contribution in [0, 0.1) is 12.7 Å². The number of aryl methyl sites for hydroxylation is 1. The van der Waals surface area contributed by atoms with Crippen LogP contribution in [-0.4, -0.2) is 48.6 Å². The Bertz CT molecular complexity index is 1390. The fourth-order valence-corrected chi connectivity index (χ4v) is 5.20. The Hall–Kier alpha value is -4.11. The van der Waals surface area contributed by atoms with Crippen molar-refractivity contribution in [1.82, 2.24) is 10.2 Å². The Balaban J connectivity index is 1.28. The highest BCUT2D eigenvalue weighted by atomic mass is 19.1. The largest absolute Gasteiger partial charge is 0.490 e. The summed E-state index contributed by atoms with van der Waals surface area (Å²) in [4.78, 5) is 27.5. The molecule has 3 aromatic carbocycles. The van der Waals surface area contributed by atoms with Crippen molar-refractivity contribution in [3.8, 4) is 17.2 Å². The minimum Gasteiger partial charge on any atom is -0.490 e. The summed E-state index contributed by atoms with van der Waals surface area (Å²) in [7, 11) is 0. The lowest BCUT2D eigenvalue weighted by Gasteiger charge is -2.32. The molecule has 4 rings (SSSR count). The summed E-state index contributed by atoms with van der Waals surface area (Å²) in [6, 6.07) is 16.6. The van der Waals surface area contributed by atoms with Crippen molar-refractivity contribution >= 4 is 23.3 Å². The Morgan fingerprint density at radius 3 is 2.23 bits per heavy atom. The number of carbonyl (C=O) groups excluding carboxylic acids is 2. The molecule has 0 unspecified atom stereocenters. The molecule has 0 aliphatic carbocycles. The smallest absolute Gasteiger partial charge is 0.319 e. The SMILES string of the molecule is CCCCN1CCC(Oc2ccc(C(=O)Nc3ccc(Oc4ccc(NC(=O)NC(CC)CC)cc4C)cc3)c(F)c2)CC1. The molecule has 1 fully saturated rings. The van der Waals surface area contributed by atoms with Crippen LogP contribution in [0.25, 0.3) is 0 Å².